The normalized spacial score (nSPS) is 23.8. The molecule has 1 nitrogen and oxygen atoms in total. The molecule has 0 aromatic carbocycles. The Kier molecular flexibility index (Phi) is 1.23. The second-order valence-corrected chi connectivity index (χ2v) is 2.88. The van der Waals surface area contributed by atoms with Crippen molar-refractivity contribution in [3.63, 3.8) is 0 Å². The third-order valence-corrected chi connectivity index (χ3v) is 2.23. The topological polar surface area (TPSA) is 17.1 Å². The maximum Gasteiger partial charge on any atom is 0.163 e. The Balaban J connectivity index is 2.38. The van der Waals surface area contributed by atoms with E-state index in [-0.39, 0.29) is 0 Å². The lowest BCUT2D eigenvalue weighted by molar-refractivity contribution is -0.114. The van der Waals surface area contributed by atoms with Crippen molar-refractivity contribution in [1.29, 1.82) is 0 Å². The van der Waals surface area contributed by atoms with Crippen LogP contribution in [-0.2, 0) is 4.79 Å². The number of hydrogen-bond donors (Lipinski definition) is 0. The molecule has 0 spiro atoms. The van der Waals surface area contributed by atoms with E-state index in [4.69, 9.17) is 0 Å². The molecule has 0 saturated carbocycles. The highest BCUT2D eigenvalue weighted by Gasteiger charge is 2.21. The van der Waals surface area contributed by atoms with Crippen LogP contribution in [0.3, 0.4) is 0 Å². The number of allylic oxidation sites excluding steroid dienone is 4. The van der Waals surface area contributed by atoms with Gasteiger partial charge in [-0.25, -0.2) is 0 Å². The van der Waals surface area contributed by atoms with E-state index in [1.807, 2.05) is 6.08 Å². The Morgan fingerprint density at radius 3 is 2.90 bits per heavy atom. The quantitative estimate of drug-likeness (QED) is 0.495. The average Bonchev–Trinajstić information content (AvgIpc) is 2.34. The van der Waals surface area contributed by atoms with Gasteiger partial charge in [0.15, 0.2) is 5.78 Å². The van der Waals surface area contributed by atoms with Gasteiger partial charge in [0.1, 0.15) is 0 Å². The van der Waals surface area contributed by atoms with Crippen LogP contribution in [0.4, 0.5) is 0 Å². The van der Waals surface area contributed by atoms with Gasteiger partial charge in [-0.05, 0) is 19.3 Å². The Bertz CT molecular complexity index is 229. The highest BCUT2D eigenvalue weighted by Crippen LogP contribution is 2.30. The van der Waals surface area contributed by atoms with Crippen LogP contribution in [0.15, 0.2) is 23.3 Å². The fourth-order valence-electron chi connectivity index (χ4n) is 1.66. The van der Waals surface area contributed by atoms with Crippen LogP contribution >= 0.6 is 0 Å². The number of carbonyl (C=O) groups is 1. The summed E-state index contributed by atoms with van der Waals surface area (Å²) < 4.78 is 0. The third kappa shape index (κ3) is 0.737. The summed E-state index contributed by atoms with van der Waals surface area (Å²) >= 11 is 0. The zero-order valence-corrected chi connectivity index (χ0v) is 5.89. The van der Waals surface area contributed by atoms with Crippen molar-refractivity contribution in [2.45, 2.75) is 25.7 Å². The van der Waals surface area contributed by atoms with Crippen molar-refractivity contribution in [2.24, 2.45) is 0 Å². The first-order valence-corrected chi connectivity index (χ1v) is 3.80. The van der Waals surface area contributed by atoms with Gasteiger partial charge < -0.3 is 0 Å². The van der Waals surface area contributed by atoms with Crippen LogP contribution in [0.25, 0.3) is 0 Å². The molecule has 0 aliphatic heterocycles. The number of hydrogen-bond acceptors (Lipinski definition) is 1. The molecule has 0 bridgehead atoms. The molecule has 52 valence electrons. The monoisotopic (exact) mass is 134 g/mol. The summed E-state index contributed by atoms with van der Waals surface area (Å²) in [7, 11) is 0. The standard InChI is InChI=1S/C9H10O/c10-9-6-5-7-3-1-2-4-8(7)9/h2,4H,1,3,5-6H2. The zero-order chi connectivity index (χ0) is 6.97. The minimum atomic E-state index is 0.353. The Morgan fingerprint density at radius 1 is 1.20 bits per heavy atom. The van der Waals surface area contributed by atoms with Gasteiger partial charge in [-0.3, -0.25) is 4.79 Å². The van der Waals surface area contributed by atoms with Crippen LogP contribution in [0, 0.1) is 0 Å². The van der Waals surface area contributed by atoms with Crippen LogP contribution in [0.5, 0.6) is 0 Å². The highest BCUT2D eigenvalue weighted by atomic mass is 16.1. The molecule has 0 fully saturated rings. The maximum atomic E-state index is 11.1. The average molecular weight is 134 g/mol. The Hall–Kier alpha value is -0.850. The minimum Gasteiger partial charge on any atom is -0.294 e. The second kappa shape index (κ2) is 2.08. The molecule has 0 saturated heterocycles. The Labute approximate surface area is 60.4 Å². The van der Waals surface area contributed by atoms with Gasteiger partial charge in [0.2, 0.25) is 0 Å². The molecular weight excluding hydrogens is 124 g/mol. The summed E-state index contributed by atoms with van der Waals surface area (Å²) in [6.45, 7) is 0. The Morgan fingerprint density at radius 2 is 2.10 bits per heavy atom. The molecule has 0 amide bonds. The van der Waals surface area contributed by atoms with Gasteiger partial charge in [0.05, 0.1) is 0 Å². The molecular formula is C9H10O. The van der Waals surface area contributed by atoms with E-state index in [2.05, 4.69) is 6.08 Å². The number of ketones is 1. The first kappa shape index (κ1) is 5.90. The lowest BCUT2D eigenvalue weighted by Crippen LogP contribution is -1.95. The molecule has 0 unspecified atom stereocenters. The van der Waals surface area contributed by atoms with Crippen molar-refractivity contribution >= 4 is 5.78 Å². The highest BCUT2D eigenvalue weighted by molar-refractivity contribution is 6.01. The van der Waals surface area contributed by atoms with Gasteiger partial charge in [0.25, 0.3) is 0 Å². The van der Waals surface area contributed by atoms with Gasteiger partial charge >= 0.3 is 0 Å². The molecule has 0 heterocycles. The molecule has 0 aromatic heterocycles. The van der Waals surface area contributed by atoms with Crippen molar-refractivity contribution in [1.82, 2.24) is 0 Å². The fourth-order valence-corrected chi connectivity index (χ4v) is 1.66. The van der Waals surface area contributed by atoms with E-state index >= 15 is 0 Å². The van der Waals surface area contributed by atoms with E-state index in [0.717, 1.165) is 31.3 Å². The third-order valence-electron chi connectivity index (χ3n) is 2.23. The van der Waals surface area contributed by atoms with Crippen LogP contribution in [0.2, 0.25) is 0 Å². The summed E-state index contributed by atoms with van der Waals surface area (Å²) in [4.78, 5) is 11.1. The van der Waals surface area contributed by atoms with Crippen LogP contribution in [0.1, 0.15) is 25.7 Å². The summed E-state index contributed by atoms with van der Waals surface area (Å²) in [6, 6.07) is 0. The van der Waals surface area contributed by atoms with E-state index < -0.39 is 0 Å². The predicted octanol–water partition coefficient (Wildman–Crippen LogP) is 2.00. The largest absolute Gasteiger partial charge is 0.294 e. The number of rotatable bonds is 0. The van der Waals surface area contributed by atoms with Crippen molar-refractivity contribution in [3.05, 3.63) is 23.3 Å². The molecule has 0 N–H and O–H groups in total. The summed E-state index contributed by atoms with van der Waals surface area (Å²) in [6.07, 6.45) is 8.13. The smallest absolute Gasteiger partial charge is 0.163 e. The van der Waals surface area contributed by atoms with Gasteiger partial charge in [-0.15, -0.1) is 0 Å². The lowest BCUT2D eigenvalue weighted by Gasteiger charge is -2.04. The SMILES string of the molecule is O=C1CCC2=C1C=CCC2. The molecule has 10 heavy (non-hydrogen) atoms. The van der Waals surface area contributed by atoms with Gasteiger partial charge in [-0.2, -0.15) is 0 Å². The van der Waals surface area contributed by atoms with E-state index in [1.54, 1.807) is 0 Å². The fraction of sp³-hybridized carbons (Fsp3) is 0.444. The molecule has 2 aliphatic carbocycles. The predicted molar refractivity (Wildman–Crippen MR) is 39.6 cm³/mol. The van der Waals surface area contributed by atoms with Crippen LogP contribution < -0.4 is 0 Å². The minimum absolute atomic E-state index is 0.353. The molecule has 1 heteroatoms. The van der Waals surface area contributed by atoms with Crippen molar-refractivity contribution < 1.29 is 4.79 Å². The first-order valence-electron chi connectivity index (χ1n) is 3.80. The van der Waals surface area contributed by atoms with Gasteiger partial charge in [0, 0.05) is 12.0 Å². The van der Waals surface area contributed by atoms with Gasteiger partial charge in [-0.1, -0.05) is 17.7 Å². The van der Waals surface area contributed by atoms with E-state index in [9.17, 15) is 4.79 Å². The molecule has 2 aliphatic rings. The van der Waals surface area contributed by atoms with E-state index in [0.29, 0.717) is 5.78 Å². The summed E-state index contributed by atoms with van der Waals surface area (Å²) in [5.74, 6) is 0.353. The van der Waals surface area contributed by atoms with Crippen molar-refractivity contribution in [2.75, 3.05) is 0 Å². The van der Waals surface area contributed by atoms with Crippen molar-refractivity contribution in [3.8, 4) is 0 Å². The van der Waals surface area contributed by atoms with Crippen LogP contribution in [-0.4, -0.2) is 5.78 Å². The number of Topliss-reactive ketones (excluding diaryl/α,β-unsaturated/α-hetero) is 1. The first-order chi connectivity index (χ1) is 4.88. The molecule has 0 radical (unpaired) electrons. The second-order valence-electron chi connectivity index (χ2n) is 2.88. The summed E-state index contributed by atoms with van der Waals surface area (Å²) in [5, 5.41) is 0. The maximum absolute atomic E-state index is 11.1. The lowest BCUT2D eigenvalue weighted by atomic mass is 10.0. The molecule has 2 rings (SSSR count). The zero-order valence-electron chi connectivity index (χ0n) is 5.89. The van der Waals surface area contributed by atoms with E-state index in [1.165, 1.54) is 5.57 Å². The molecule has 0 atom stereocenters. The molecule has 0 aromatic rings. The summed E-state index contributed by atoms with van der Waals surface area (Å²) in [5.41, 5.74) is 2.42. The number of carbonyl (C=O) groups excluding carboxylic acids is 1.